The van der Waals surface area contributed by atoms with Crippen molar-refractivity contribution in [2.75, 3.05) is 13.8 Å². The van der Waals surface area contributed by atoms with Gasteiger partial charge in [-0.15, -0.1) is 11.3 Å². The lowest BCUT2D eigenvalue weighted by atomic mass is 10.1. The Kier molecular flexibility index (Phi) is 5.08. The Hall–Kier alpha value is -2.34. The molecule has 1 aliphatic heterocycles. The zero-order valence-corrected chi connectivity index (χ0v) is 15.4. The van der Waals surface area contributed by atoms with Crippen molar-refractivity contribution >= 4 is 23.0 Å². The van der Waals surface area contributed by atoms with Gasteiger partial charge in [-0.1, -0.05) is 6.07 Å². The predicted octanol–water partition coefficient (Wildman–Crippen LogP) is 3.72. The Morgan fingerprint density at radius 3 is 2.60 bits per heavy atom. The molecule has 6 heteroatoms. The molecule has 0 fully saturated rings. The van der Waals surface area contributed by atoms with Crippen molar-refractivity contribution in [2.24, 2.45) is 0 Å². The maximum absolute atomic E-state index is 12.3. The summed E-state index contributed by atoms with van der Waals surface area (Å²) in [5.74, 6) is 1.42. The van der Waals surface area contributed by atoms with E-state index in [1.54, 1.807) is 23.3 Å². The number of amides is 1. The lowest BCUT2D eigenvalue weighted by molar-refractivity contribution is -0.130. The first-order chi connectivity index (χ1) is 11.9. The molecule has 1 aromatic heterocycles. The Balaban J connectivity index is 1.54. The van der Waals surface area contributed by atoms with Gasteiger partial charge in [-0.2, -0.15) is 0 Å². The molecule has 0 spiro atoms. The third-order valence-electron chi connectivity index (χ3n) is 4.19. The van der Waals surface area contributed by atoms with Crippen LogP contribution in [0.5, 0.6) is 11.5 Å². The van der Waals surface area contributed by atoms with Crippen molar-refractivity contribution < 1.29 is 19.1 Å². The normalized spacial score (nSPS) is 12.3. The van der Waals surface area contributed by atoms with E-state index in [4.69, 9.17) is 9.47 Å². The Morgan fingerprint density at radius 2 is 1.88 bits per heavy atom. The van der Waals surface area contributed by atoms with E-state index in [0.717, 1.165) is 26.6 Å². The van der Waals surface area contributed by atoms with E-state index < -0.39 is 0 Å². The molecule has 1 aliphatic rings. The fraction of sp³-hybridized carbons (Fsp3) is 0.368. The van der Waals surface area contributed by atoms with Crippen LogP contribution >= 0.6 is 11.3 Å². The van der Waals surface area contributed by atoms with Crippen molar-refractivity contribution in [3.05, 3.63) is 45.1 Å². The minimum absolute atomic E-state index is 0.0340. The number of aryl methyl sites for hydroxylation is 2. The molecule has 0 aliphatic carbocycles. The second kappa shape index (κ2) is 7.27. The van der Waals surface area contributed by atoms with E-state index in [1.807, 2.05) is 38.1 Å². The second-order valence-electron chi connectivity index (χ2n) is 6.19. The largest absolute Gasteiger partial charge is 0.454 e. The maximum atomic E-state index is 12.3. The van der Waals surface area contributed by atoms with Crippen LogP contribution in [0.25, 0.3) is 0 Å². The zero-order chi connectivity index (χ0) is 18.0. The number of benzene rings is 1. The standard InChI is InChI=1S/C19H21NO4S/c1-12-8-15(13(2)25-12)16(21)5-7-19(22)20(3)10-14-4-6-17-18(9-14)24-11-23-17/h4,6,8-9H,5,7,10-11H2,1-3H3. The number of rotatable bonds is 6. The van der Waals surface area contributed by atoms with Crippen LogP contribution in [-0.2, 0) is 11.3 Å². The van der Waals surface area contributed by atoms with Gasteiger partial charge in [-0.25, -0.2) is 0 Å². The number of ether oxygens (including phenoxy) is 2. The highest BCUT2D eigenvalue weighted by atomic mass is 32.1. The van der Waals surface area contributed by atoms with Gasteiger partial charge < -0.3 is 14.4 Å². The minimum atomic E-state index is -0.0457. The number of carbonyl (C=O) groups excluding carboxylic acids is 2. The molecule has 0 saturated heterocycles. The number of fused-ring (bicyclic) bond motifs is 1. The van der Waals surface area contributed by atoms with Crippen LogP contribution in [0.1, 0.15) is 38.5 Å². The third kappa shape index (κ3) is 4.02. The first-order valence-electron chi connectivity index (χ1n) is 8.17. The molecule has 2 aromatic rings. The smallest absolute Gasteiger partial charge is 0.231 e. The Labute approximate surface area is 151 Å². The summed E-state index contributed by atoms with van der Waals surface area (Å²) in [5, 5.41) is 0. The maximum Gasteiger partial charge on any atom is 0.231 e. The number of carbonyl (C=O) groups is 2. The molecule has 0 bridgehead atoms. The van der Waals surface area contributed by atoms with Gasteiger partial charge in [0.05, 0.1) is 0 Å². The highest BCUT2D eigenvalue weighted by Gasteiger charge is 2.17. The van der Waals surface area contributed by atoms with Crippen LogP contribution in [0.3, 0.4) is 0 Å². The van der Waals surface area contributed by atoms with E-state index in [0.29, 0.717) is 12.3 Å². The molecule has 3 rings (SSSR count). The molecule has 5 nitrogen and oxygen atoms in total. The van der Waals surface area contributed by atoms with Gasteiger partial charge in [0.15, 0.2) is 17.3 Å². The number of nitrogens with zero attached hydrogens (tertiary/aromatic N) is 1. The van der Waals surface area contributed by atoms with Crippen molar-refractivity contribution in [1.29, 1.82) is 0 Å². The molecule has 2 heterocycles. The minimum Gasteiger partial charge on any atom is -0.454 e. The van der Waals surface area contributed by atoms with Crippen LogP contribution in [0.4, 0.5) is 0 Å². The fourth-order valence-corrected chi connectivity index (χ4v) is 3.80. The van der Waals surface area contributed by atoms with Crippen LogP contribution < -0.4 is 9.47 Å². The number of ketones is 1. The number of hydrogen-bond acceptors (Lipinski definition) is 5. The second-order valence-corrected chi connectivity index (χ2v) is 7.65. The summed E-state index contributed by atoms with van der Waals surface area (Å²) in [6, 6.07) is 7.55. The first-order valence-corrected chi connectivity index (χ1v) is 8.98. The monoisotopic (exact) mass is 359 g/mol. The topological polar surface area (TPSA) is 55.8 Å². The number of thiophene rings is 1. The quantitative estimate of drug-likeness (QED) is 0.738. The molecule has 132 valence electrons. The van der Waals surface area contributed by atoms with Crippen LogP contribution in [0.15, 0.2) is 24.3 Å². The summed E-state index contributed by atoms with van der Waals surface area (Å²) in [4.78, 5) is 28.4. The molecular formula is C19H21NO4S. The highest BCUT2D eigenvalue weighted by Crippen LogP contribution is 2.32. The van der Waals surface area contributed by atoms with E-state index in [1.165, 1.54) is 0 Å². The van der Waals surface area contributed by atoms with E-state index >= 15 is 0 Å². The van der Waals surface area contributed by atoms with Gasteiger partial charge >= 0.3 is 0 Å². The molecule has 1 amide bonds. The average Bonchev–Trinajstić information content (AvgIpc) is 3.17. The zero-order valence-electron chi connectivity index (χ0n) is 14.6. The molecule has 25 heavy (non-hydrogen) atoms. The summed E-state index contributed by atoms with van der Waals surface area (Å²) in [6.07, 6.45) is 0.454. The van der Waals surface area contributed by atoms with Crippen molar-refractivity contribution in [3.8, 4) is 11.5 Å². The summed E-state index contributed by atoms with van der Waals surface area (Å²) < 4.78 is 10.6. The Morgan fingerprint density at radius 1 is 1.12 bits per heavy atom. The molecule has 0 atom stereocenters. The fourth-order valence-electron chi connectivity index (χ4n) is 2.85. The van der Waals surface area contributed by atoms with E-state index in [-0.39, 0.29) is 31.3 Å². The predicted molar refractivity (Wildman–Crippen MR) is 96.4 cm³/mol. The molecule has 0 unspecified atom stereocenters. The molecule has 0 radical (unpaired) electrons. The highest BCUT2D eigenvalue weighted by molar-refractivity contribution is 7.12. The van der Waals surface area contributed by atoms with Crippen LogP contribution in [0, 0.1) is 13.8 Å². The lowest BCUT2D eigenvalue weighted by Gasteiger charge is -2.17. The van der Waals surface area contributed by atoms with Gasteiger partial charge in [0, 0.05) is 41.8 Å². The van der Waals surface area contributed by atoms with Gasteiger partial charge in [-0.05, 0) is 37.6 Å². The first kappa shape index (κ1) is 17.5. The number of Topliss-reactive ketones (excluding diaryl/α,β-unsaturated/α-hetero) is 1. The average molecular weight is 359 g/mol. The Bertz CT molecular complexity index is 812. The lowest BCUT2D eigenvalue weighted by Crippen LogP contribution is -2.26. The molecule has 0 saturated carbocycles. The van der Waals surface area contributed by atoms with Crippen molar-refractivity contribution in [2.45, 2.75) is 33.2 Å². The van der Waals surface area contributed by atoms with Gasteiger partial charge in [0.1, 0.15) is 0 Å². The van der Waals surface area contributed by atoms with Gasteiger partial charge in [0.25, 0.3) is 0 Å². The summed E-state index contributed by atoms with van der Waals surface area (Å²) in [7, 11) is 1.75. The molecule has 1 aromatic carbocycles. The van der Waals surface area contributed by atoms with Crippen LogP contribution in [-0.4, -0.2) is 30.4 Å². The molecule has 0 N–H and O–H groups in total. The summed E-state index contributed by atoms with van der Waals surface area (Å²) >= 11 is 1.61. The molecular weight excluding hydrogens is 338 g/mol. The van der Waals surface area contributed by atoms with Gasteiger partial charge in [-0.3, -0.25) is 9.59 Å². The van der Waals surface area contributed by atoms with E-state index in [9.17, 15) is 9.59 Å². The summed E-state index contributed by atoms with van der Waals surface area (Å²) in [6.45, 7) is 4.63. The summed E-state index contributed by atoms with van der Waals surface area (Å²) in [5.41, 5.74) is 1.71. The van der Waals surface area contributed by atoms with Crippen molar-refractivity contribution in [1.82, 2.24) is 4.90 Å². The SMILES string of the molecule is Cc1cc(C(=O)CCC(=O)N(C)Cc2ccc3c(c2)OCO3)c(C)s1. The van der Waals surface area contributed by atoms with Crippen molar-refractivity contribution in [3.63, 3.8) is 0 Å². The van der Waals surface area contributed by atoms with Crippen LogP contribution in [0.2, 0.25) is 0 Å². The third-order valence-corrected chi connectivity index (χ3v) is 5.16. The number of hydrogen-bond donors (Lipinski definition) is 0. The van der Waals surface area contributed by atoms with E-state index in [2.05, 4.69) is 0 Å². The van der Waals surface area contributed by atoms with Gasteiger partial charge in [0.2, 0.25) is 12.7 Å².